The van der Waals surface area contributed by atoms with E-state index in [1.165, 1.54) is 17.8 Å². The van der Waals surface area contributed by atoms with Crippen LogP contribution in [0, 0.1) is 6.92 Å². The largest absolute Gasteiger partial charge is 0.383 e. The number of aryl methyl sites for hydroxylation is 2. The molecule has 2 heterocycles. The second kappa shape index (κ2) is 5.03. The molecule has 0 aliphatic carbocycles. The molecule has 0 aliphatic heterocycles. The molecule has 2 aromatic rings. The maximum Gasteiger partial charge on any atom is 0.253 e. The number of aromatic nitrogens is 4. The molecule has 2 aromatic heterocycles. The van der Waals surface area contributed by atoms with Crippen molar-refractivity contribution in [2.24, 2.45) is 7.05 Å². The molecule has 18 heavy (non-hydrogen) atoms. The number of nitrogens with two attached hydrogens (primary N) is 1. The molecule has 0 saturated heterocycles. The lowest BCUT2D eigenvalue weighted by Gasteiger charge is -2.03. The Morgan fingerprint density at radius 1 is 1.61 bits per heavy atom. The normalized spacial score (nSPS) is 10.8. The van der Waals surface area contributed by atoms with Crippen LogP contribution in [0.2, 0.25) is 5.02 Å². The van der Waals surface area contributed by atoms with Gasteiger partial charge >= 0.3 is 0 Å². The Kier molecular flexibility index (Phi) is 3.63. The number of aromatic amines is 1. The van der Waals surface area contributed by atoms with Gasteiger partial charge < -0.3 is 10.7 Å². The van der Waals surface area contributed by atoms with Gasteiger partial charge in [0, 0.05) is 18.9 Å². The number of hydrogen-bond donors (Lipinski definition) is 2. The van der Waals surface area contributed by atoms with Gasteiger partial charge in [0.25, 0.3) is 5.56 Å². The van der Waals surface area contributed by atoms with Gasteiger partial charge in [-0.15, -0.1) is 0 Å². The molecule has 8 heteroatoms. The molecule has 0 aromatic carbocycles. The molecule has 6 nitrogen and oxygen atoms in total. The van der Waals surface area contributed by atoms with E-state index < -0.39 is 0 Å². The van der Waals surface area contributed by atoms with Crippen molar-refractivity contribution < 1.29 is 0 Å². The molecule has 2 rings (SSSR count). The Bertz CT molecular complexity index is 636. The average molecular weight is 286 g/mol. The summed E-state index contributed by atoms with van der Waals surface area (Å²) in [7, 11) is 1.82. The van der Waals surface area contributed by atoms with E-state index in [0.717, 1.165) is 11.4 Å². The number of nitrogens with zero attached hydrogens (tertiary/aromatic N) is 3. The number of nitrogens with one attached hydrogen (secondary N) is 1. The second-order valence-corrected chi connectivity index (χ2v) is 5.08. The van der Waals surface area contributed by atoms with Crippen LogP contribution in [-0.4, -0.2) is 19.7 Å². The highest BCUT2D eigenvalue weighted by Crippen LogP contribution is 2.26. The molecular formula is C10H12ClN5OS. The van der Waals surface area contributed by atoms with Crippen LogP contribution in [-0.2, 0) is 12.8 Å². The maximum atomic E-state index is 11.2. The Hall–Kier alpha value is -1.47. The van der Waals surface area contributed by atoms with Gasteiger partial charge in [0.2, 0.25) is 0 Å². The van der Waals surface area contributed by atoms with Gasteiger partial charge in [-0.05, 0) is 6.92 Å². The fourth-order valence-corrected chi connectivity index (χ4v) is 2.75. The number of H-pyrrole nitrogens is 1. The number of anilines is 1. The van der Waals surface area contributed by atoms with Crippen LogP contribution < -0.4 is 11.3 Å². The Morgan fingerprint density at radius 2 is 2.33 bits per heavy atom. The third-order valence-corrected chi connectivity index (χ3v) is 3.72. The highest BCUT2D eigenvalue weighted by molar-refractivity contribution is 7.98. The predicted octanol–water partition coefficient (Wildman–Crippen LogP) is 1.34. The van der Waals surface area contributed by atoms with Crippen molar-refractivity contribution in [2.75, 3.05) is 5.73 Å². The Balaban J connectivity index is 2.18. The first kappa shape index (κ1) is 13.0. The van der Waals surface area contributed by atoms with Crippen LogP contribution in [0.15, 0.2) is 16.0 Å². The zero-order valence-corrected chi connectivity index (χ0v) is 11.5. The molecule has 0 atom stereocenters. The van der Waals surface area contributed by atoms with Gasteiger partial charge in [0.1, 0.15) is 5.82 Å². The van der Waals surface area contributed by atoms with E-state index in [1.807, 2.05) is 14.0 Å². The topological polar surface area (TPSA) is 89.6 Å². The average Bonchev–Trinajstić information content (AvgIpc) is 2.50. The molecule has 0 radical (unpaired) electrons. The highest BCUT2D eigenvalue weighted by Gasteiger charge is 2.12. The third kappa shape index (κ3) is 2.68. The summed E-state index contributed by atoms with van der Waals surface area (Å²) in [6.45, 7) is 1.84. The summed E-state index contributed by atoms with van der Waals surface area (Å²) in [5, 5.41) is 5.32. The van der Waals surface area contributed by atoms with Crippen molar-refractivity contribution in [1.82, 2.24) is 19.7 Å². The lowest BCUT2D eigenvalue weighted by Crippen LogP contribution is -2.09. The second-order valence-electron chi connectivity index (χ2n) is 3.73. The van der Waals surface area contributed by atoms with Crippen LogP contribution >= 0.6 is 23.4 Å². The summed E-state index contributed by atoms with van der Waals surface area (Å²) in [6.07, 6.45) is 0. The molecule has 0 spiro atoms. The van der Waals surface area contributed by atoms with Gasteiger partial charge in [0.15, 0.2) is 5.16 Å². The molecular weight excluding hydrogens is 274 g/mol. The quantitative estimate of drug-likeness (QED) is 0.656. The van der Waals surface area contributed by atoms with E-state index in [9.17, 15) is 4.79 Å². The van der Waals surface area contributed by atoms with E-state index in [1.54, 1.807) is 4.68 Å². The van der Waals surface area contributed by atoms with Gasteiger partial charge in [0.05, 0.1) is 16.4 Å². The van der Waals surface area contributed by atoms with Crippen molar-refractivity contribution in [1.29, 1.82) is 0 Å². The first-order chi connectivity index (χ1) is 8.47. The van der Waals surface area contributed by atoms with Crippen molar-refractivity contribution in [2.45, 2.75) is 17.8 Å². The van der Waals surface area contributed by atoms with E-state index in [4.69, 9.17) is 17.3 Å². The smallest absolute Gasteiger partial charge is 0.253 e. The number of nitrogen functional groups attached to an aromatic ring is 1. The predicted molar refractivity (Wildman–Crippen MR) is 71.8 cm³/mol. The maximum absolute atomic E-state index is 11.2. The molecule has 96 valence electrons. The lowest BCUT2D eigenvalue weighted by atomic mass is 10.4. The van der Waals surface area contributed by atoms with Gasteiger partial charge in [-0.2, -0.15) is 5.10 Å². The molecule has 0 amide bonds. The first-order valence-corrected chi connectivity index (χ1v) is 6.51. The number of rotatable bonds is 3. The molecule has 0 saturated carbocycles. The van der Waals surface area contributed by atoms with Crippen molar-refractivity contribution >= 4 is 29.2 Å². The van der Waals surface area contributed by atoms with Crippen LogP contribution in [0.25, 0.3) is 0 Å². The highest BCUT2D eigenvalue weighted by atomic mass is 35.5. The van der Waals surface area contributed by atoms with Gasteiger partial charge in [-0.25, -0.2) is 4.98 Å². The molecule has 0 bridgehead atoms. The van der Waals surface area contributed by atoms with Crippen molar-refractivity contribution in [3.05, 3.63) is 32.8 Å². The minimum Gasteiger partial charge on any atom is -0.383 e. The summed E-state index contributed by atoms with van der Waals surface area (Å²) >= 11 is 7.48. The van der Waals surface area contributed by atoms with Crippen LogP contribution in [0.5, 0.6) is 0 Å². The molecule has 0 fully saturated rings. The molecule has 0 unspecified atom stereocenters. The number of halogens is 1. The lowest BCUT2D eigenvalue weighted by molar-refractivity contribution is 0.727. The first-order valence-electron chi connectivity index (χ1n) is 5.15. The Morgan fingerprint density at radius 3 is 2.89 bits per heavy atom. The monoisotopic (exact) mass is 285 g/mol. The fourth-order valence-electron chi connectivity index (χ4n) is 1.50. The van der Waals surface area contributed by atoms with E-state index in [-0.39, 0.29) is 11.4 Å². The molecule has 0 aliphatic rings. The summed E-state index contributed by atoms with van der Waals surface area (Å²) in [6, 6.07) is 1.24. The Labute approximate surface area is 113 Å². The number of hydrogen-bond acceptors (Lipinski definition) is 5. The SMILES string of the molecule is Cc1nn(C)c(CSc2nc(N)cc(=O)[nH]2)c1Cl. The summed E-state index contributed by atoms with van der Waals surface area (Å²) in [5.41, 5.74) is 6.90. The fraction of sp³-hybridized carbons (Fsp3) is 0.300. The standard InChI is InChI=1S/C10H12ClN5OS/c1-5-9(11)6(16(2)15-5)4-18-10-13-7(12)3-8(17)14-10/h3H,4H2,1-2H3,(H3,12,13,14,17). The minimum atomic E-state index is -0.266. The summed E-state index contributed by atoms with van der Waals surface area (Å²) in [4.78, 5) is 17.9. The zero-order chi connectivity index (χ0) is 13.3. The third-order valence-electron chi connectivity index (χ3n) is 2.35. The van der Waals surface area contributed by atoms with E-state index >= 15 is 0 Å². The van der Waals surface area contributed by atoms with E-state index in [0.29, 0.717) is 15.9 Å². The summed E-state index contributed by atoms with van der Waals surface area (Å²) < 4.78 is 1.72. The minimum absolute atomic E-state index is 0.202. The van der Waals surface area contributed by atoms with Gasteiger partial charge in [-0.1, -0.05) is 23.4 Å². The van der Waals surface area contributed by atoms with Crippen LogP contribution in [0.4, 0.5) is 5.82 Å². The van der Waals surface area contributed by atoms with Crippen LogP contribution in [0.3, 0.4) is 0 Å². The summed E-state index contributed by atoms with van der Waals surface area (Å²) in [5.74, 6) is 0.760. The molecule has 3 N–H and O–H groups in total. The van der Waals surface area contributed by atoms with Crippen molar-refractivity contribution in [3.8, 4) is 0 Å². The van der Waals surface area contributed by atoms with Crippen LogP contribution in [0.1, 0.15) is 11.4 Å². The van der Waals surface area contributed by atoms with E-state index in [2.05, 4.69) is 15.1 Å². The number of thioether (sulfide) groups is 1. The van der Waals surface area contributed by atoms with Crippen molar-refractivity contribution in [3.63, 3.8) is 0 Å². The van der Waals surface area contributed by atoms with Gasteiger partial charge in [-0.3, -0.25) is 9.48 Å². The zero-order valence-electron chi connectivity index (χ0n) is 9.90.